The number of rotatable bonds is 5. The SMILES string of the molecule is C=C(C)C(=O)NC(C)(C)CCn1ccnc1. The standard InChI is InChI=1S/C12H19N3O/c1-10(2)11(16)14-12(3,4)5-7-15-8-6-13-9-15/h6,8-9H,1,5,7H2,2-4H3,(H,14,16). The smallest absolute Gasteiger partial charge is 0.246 e. The predicted molar refractivity (Wildman–Crippen MR) is 63.9 cm³/mol. The monoisotopic (exact) mass is 221 g/mol. The van der Waals surface area contributed by atoms with Crippen molar-refractivity contribution in [2.45, 2.75) is 39.3 Å². The number of nitrogens with one attached hydrogen (secondary N) is 1. The lowest BCUT2D eigenvalue weighted by atomic mass is 10.00. The first-order valence-electron chi connectivity index (χ1n) is 5.34. The highest BCUT2D eigenvalue weighted by atomic mass is 16.1. The molecule has 0 bridgehead atoms. The van der Waals surface area contributed by atoms with Gasteiger partial charge in [0.15, 0.2) is 0 Å². The van der Waals surface area contributed by atoms with E-state index in [1.807, 2.05) is 24.6 Å². The lowest BCUT2D eigenvalue weighted by Crippen LogP contribution is -2.44. The van der Waals surface area contributed by atoms with E-state index in [-0.39, 0.29) is 11.4 Å². The number of aryl methyl sites for hydroxylation is 1. The summed E-state index contributed by atoms with van der Waals surface area (Å²) in [7, 11) is 0. The average Bonchev–Trinajstić information content (AvgIpc) is 2.66. The minimum atomic E-state index is -0.236. The van der Waals surface area contributed by atoms with Crippen LogP contribution in [0.4, 0.5) is 0 Å². The van der Waals surface area contributed by atoms with Crippen molar-refractivity contribution in [3.63, 3.8) is 0 Å². The number of amides is 1. The Labute approximate surface area is 96.4 Å². The van der Waals surface area contributed by atoms with Crippen molar-refractivity contribution < 1.29 is 4.79 Å². The van der Waals surface area contributed by atoms with Crippen molar-refractivity contribution in [1.29, 1.82) is 0 Å². The summed E-state index contributed by atoms with van der Waals surface area (Å²) in [6, 6.07) is 0. The Hall–Kier alpha value is -1.58. The lowest BCUT2D eigenvalue weighted by molar-refractivity contribution is -0.119. The van der Waals surface area contributed by atoms with E-state index in [0.29, 0.717) is 5.57 Å². The molecule has 0 spiro atoms. The van der Waals surface area contributed by atoms with Crippen LogP contribution >= 0.6 is 0 Å². The van der Waals surface area contributed by atoms with Crippen LogP contribution in [-0.4, -0.2) is 21.0 Å². The van der Waals surface area contributed by atoms with Gasteiger partial charge in [0.25, 0.3) is 0 Å². The third-order valence-corrected chi connectivity index (χ3v) is 2.39. The molecule has 0 aliphatic heterocycles. The van der Waals surface area contributed by atoms with Crippen LogP contribution in [0.2, 0.25) is 0 Å². The minimum absolute atomic E-state index is 0.0874. The maximum atomic E-state index is 11.5. The summed E-state index contributed by atoms with van der Waals surface area (Å²) in [5.41, 5.74) is 0.302. The molecule has 1 rings (SSSR count). The Kier molecular flexibility index (Phi) is 3.88. The van der Waals surface area contributed by atoms with Gasteiger partial charge in [0.05, 0.1) is 6.33 Å². The Morgan fingerprint density at radius 2 is 2.25 bits per heavy atom. The molecule has 0 fully saturated rings. The van der Waals surface area contributed by atoms with Crippen molar-refractivity contribution in [2.24, 2.45) is 0 Å². The van der Waals surface area contributed by atoms with Gasteiger partial charge in [-0.1, -0.05) is 6.58 Å². The first-order valence-corrected chi connectivity index (χ1v) is 5.34. The van der Waals surface area contributed by atoms with Gasteiger partial charge < -0.3 is 9.88 Å². The van der Waals surface area contributed by atoms with Crippen molar-refractivity contribution in [1.82, 2.24) is 14.9 Å². The normalized spacial score (nSPS) is 11.2. The number of carbonyl (C=O) groups excluding carboxylic acids is 1. The summed E-state index contributed by atoms with van der Waals surface area (Å²) in [6.07, 6.45) is 6.29. The van der Waals surface area contributed by atoms with Gasteiger partial charge in [0.1, 0.15) is 0 Å². The first-order chi connectivity index (χ1) is 7.41. The molecule has 88 valence electrons. The van der Waals surface area contributed by atoms with Crippen LogP contribution in [0.5, 0.6) is 0 Å². The van der Waals surface area contributed by atoms with E-state index in [0.717, 1.165) is 13.0 Å². The fraction of sp³-hybridized carbons (Fsp3) is 0.500. The largest absolute Gasteiger partial charge is 0.347 e. The Morgan fingerprint density at radius 1 is 1.56 bits per heavy atom. The lowest BCUT2D eigenvalue weighted by Gasteiger charge is -2.26. The molecule has 0 unspecified atom stereocenters. The molecular formula is C12H19N3O. The number of hydrogen-bond acceptors (Lipinski definition) is 2. The molecule has 0 radical (unpaired) electrons. The topological polar surface area (TPSA) is 46.9 Å². The quantitative estimate of drug-likeness (QED) is 0.770. The highest BCUT2D eigenvalue weighted by molar-refractivity contribution is 5.92. The van der Waals surface area contributed by atoms with E-state index in [2.05, 4.69) is 16.9 Å². The number of nitrogens with zero attached hydrogens (tertiary/aromatic N) is 2. The number of hydrogen-bond donors (Lipinski definition) is 1. The van der Waals surface area contributed by atoms with Crippen LogP contribution in [0, 0.1) is 0 Å². The van der Waals surface area contributed by atoms with E-state index in [4.69, 9.17) is 0 Å². The van der Waals surface area contributed by atoms with Gasteiger partial charge in [-0.25, -0.2) is 4.98 Å². The molecule has 1 heterocycles. The van der Waals surface area contributed by atoms with Gasteiger partial charge in [0.2, 0.25) is 5.91 Å². The third kappa shape index (κ3) is 3.88. The summed E-state index contributed by atoms with van der Waals surface area (Å²) < 4.78 is 1.99. The minimum Gasteiger partial charge on any atom is -0.347 e. The van der Waals surface area contributed by atoms with Crippen LogP contribution in [-0.2, 0) is 11.3 Å². The second kappa shape index (κ2) is 4.96. The van der Waals surface area contributed by atoms with Crippen molar-refractivity contribution in [2.75, 3.05) is 0 Å². The Balaban J connectivity index is 2.45. The van der Waals surface area contributed by atoms with E-state index >= 15 is 0 Å². The zero-order valence-corrected chi connectivity index (χ0v) is 10.2. The van der Waals surface area contributed by atoms with Crippen LogP contribution in [0.25, 0.3) is 0 Å². The van der Waals surface area contributed by atoms with Crippen molar-refractivity contribution in [3.8, 4) is 0 Å². The predicted octanol–water partition coefficient (Wildman–Crippen LogP) is 1.74. The summed E-state index contributed by atoms with van der Waals surface area (Å²) >= 11 is 0. The summed E-state index contributed by atoms with van der Waals surface area (Å²) in [4.78, 5) is 15.5. The van der Waals surface area contributed by atoms with E-state index in [9.17, 15) is 4.79 Å². The Bertz CT molecular complexity index is 366. The van der Waals surface area contributed by atoms with Gasteiger partial charge >= 0.3 is 0 Å². The third-order valence-electron chi connectivity index (χ3n) is 2.39. The molecule has 4 heteroatoms. The molecule has 0 saturated heterocycles. The van der Waals surface area contributed by atoms with Crippen LogP contribution < -0.4 is 5.32 Å². The summed E-state index contributed by atoms with van der Waals surface area (Å²) in [5, 5.41) is 2.95. The maximum absolute atomic E-state index is 11.5. The van der Waals surface area contributed by atoms with E-state index in [1.165, 1.54) is 0 Å². The summed E-state index contributed by atoms with van der Waals surface area (Å²) in [5.74, 6) is -0.0874. The maximum Gasteiger partial charge on any atom is 0.246 e. The van der Waals surface area contributed by atoms with Crippen LogP contribution in [0.15, 0.2) is 30.9 Å². The Morgan fingerprint density at radius 3 is 2.75 bits per heavy atom. The van der Waals surface area contributed by atoms with Crippen molar-refractivity contribution >= 4 is 5.91 Å². The molecule has 0 aliphatic rings. The van der Waals surface area contributed by atoms with Gasteiger partial charge in [-0.3, -0.25) is 4.79 Å². The van der Waals surface area contributed by atoms with Crippen molar-refractivity contribution in [3.05, 3.63) is 30.9 Å². The molecule has 1 N–H and O–H groups in total. The van der Waals surface area contributed by atoms with Gasteiger partial charge in [-0.05, 0) is 27.2 Å². The van der Waals surface area contributed by atoms with Gasteiger partial charge in [-0.2, -0.15) is 0 Å². The van der Waals surface area contributed by atoms with Crippen LogP contribution in [0.1, 0.15) is 27.2 Å². The fourth-order valence-electron chi connectivity index (χ4n) is 1.30. The second-order valence-corrected chi connectivity index (χ2v) is 4.67. The molecule has 1 aromatic heterocycles. The number of imidazole rings is 1. The molecule has 0 aromatic carbocycles. The average molecular weight is 221 g/mol. The molecule has 0 aliphatic carbocycles. The zero-order chi connectivity index (χ0) is 12.2. The molecule has 0 atom stereocenters. The molecule has 16 heavy (non-hydrogen) atoms. The van der Waals surface area contributed by atoms with E-state index in [1.54, 1.807) is 19.4 Å². The zero-order valence-electron chi connectivity index (χ0n) is 10.2. The first kappa shape index (κ1) is 12.5. The highest BCUT2D eigenvalue weighted by Crippen LogP contribution is 2.10. The van der Waals surface area contributed by atoms with E-state index < -0.39 is 0 Å². The molecule has 4 nitrogen and oxygen atoms in total. The second-order valence-electron chi connectivity index (χ2n) is 4.67. The number of aromatic nitrogens is 2. The molecule has 0 saturated carbocycles. The van der Waals surface area contributed by atoms with Crippen LogP contribution in [0.3, 0.4) is 0 Å². The fourth-order valence-corrected chi connectivity index (χ4v) is 1.30. The summed E-state index contributed by atoms with van der Waals surface area (Å²) in [6.45, 7) is 10.2. The number of carbonyl (C=O) groups is 1. The molecule has 1 amide bonds. The highest BCUT2D eigenvalue weighted by Gasteiger charge is 2.20. The van der Waals surface area contributed by atoms with Gasteiger partial charge in [-0.15, -0.1) is 0 Å². The molecular weight excluding hydrogens is 202 g/mol. The molecule has 1 aromatic rings. The van der Waals surface area contributed by atoms with Gasteiger partial charge in [0, 0.05) is 30.1 Å².